The molecule has 1 aliphatic heterocycles. The Morgan fingerprint density at radius 2 is 1.97 bits per heavy atom. The molecule has 0 bridgehead atoms. The number of nitrogens with zero attached hydrogens (tertiary/aromatic N) is 4. The third-order valence-corrected chi connectivity index (χ3v) is 6.62. The number of hydrogen-bond donors (Lipinski definition) is 1. The van der Waals surface area contributed by atoms with E-state index in [4.69, 9.17) is 4.84 Å². The van der Waals surface area contributed by atoms with E-state index in [1.165, 1.54) is 17.5 Å². The molecule has 7 nitrogen and oxygen atoms in total. The van der Waals surface area contributed by atoms with Gasteiger partial charge in [-0.15, -0.1) is 0 Å². The molecule has 4 rings (SSSR count). The average molecular weight is 473 g/mol. The van der Waals surface area contributed by atoms with Crippen LogP contribution in [0, 0.1) is 12.8 Å². The van der Waals surface area contributed by atoms with Crippen molar-refractivity contribution < 1.29 is 14.7 Å². The van der Waals surface area contributed by atoms with E-state index in [2.05, 4.69) is 64.2 Å². The molecule has 1 atom stereocenters. The monoisotopic (exact) mass is 472 g/mol. The smallest absolute Gasteiger partial charge is 0.307 e. The first kappa shape index (κ1) is 24.5. The van der Waals surface area contributed by atoms with Crippen LogP contribution in [0.2, 0.25) is 0 Å². The number of aliphatic carboxylic acids is 1. The van der Waals surface area contributed by atoms with Crippen LogP contribution in [0.5, 0.6) is 0 Å². The van der Waals surface area contributed by atoms with E-state index in [1.807, 2.05) is 25.4 Å². The Hall–Kier alpha value is -3.58. The fourth-order valence-corrected chi connectivity index (χ4v) is 4.59. The molecule has 2 aromatic carbocycles. The quantitative estimate of drug-likeness (QED) is 0.353. The fraction of sp³-hybridized carbons (Fsp3) is 0.357. The second kappa shape index (κ2) is 11.2. The number of hydrogen-bond acceptors (Lipinski definition) is 6. The van der Waals surface area contributed by atoms with E-state index >= 15 is 0 Å². The van der Waals surface area contributed by atoms with Gasteiger partial charge in [0.05, 0.1) is 11.6 Å². The molecule has 1 N–H and O–H groups in total. The van der Waals surface area contributed by atoms with E-state index in [9.17, 15) is 9.90 Å². The molecule has 3 aromatic rings. The predicted molar refractivity (Wildman–Crippen MR) is 136 cm³/mol. The van der Waals surface area contributed by atoms with Crippen molar-refractivity contribution in [3.8, 4) is 11.1 Å². The Balaban J connectivity index is 1.38. The van der Waals surface area contributed by atoms with Gasteiger partial charge in [-0.05, 0) is 72.7 Å². The summed E-state index contributed by atoms with van der Waals surface area (Å²) in [5.41, 5.74) is 8.65. The molecule has 1 saturated heterocycles. The predicted octanol–water partition coefficient (Wildman–Crippen LogP) is 4.86. The Kier molecular flexibility index (Phi) is 7.87. The molecule has 1 aliphatic rings. The highest BCUT2D eigenvalue weighted by atomic mass is 16.6. The van der Waals surface area contributed by atoms with Crippen molar-refractivity contribution in [1.29, 1.82) is 0 Å². The Labute approximate surface area is 206 Å². The summed E-state index contributed by atoms with van der Waals surface area (Å²) in [5.74, 6) is -0.944. The van der Waals surface area contributed by atoms with Crippen molar-refractivity contribution in [2.24, 2.45) is 11.1 Å². The number of carboxylic acid groups (broad SMARTS) is 1. The van der Waals surface area contributed by atoms with E-state index in [-0.39, 0.29) is 5.92 Å². The maximum absolute atomic E-state index is 11.3. The highest BCUT2D eigenvalue weighted by Crippen LogP contribution is 2.24. The normalized spacial score (nSPS) is 16.4. The van der Waals surface area contributed by atoms with Crippen LogP contribution in [0.1, 0.15) is 48.1 Å². The van der Waals surface area contributed by atoms with E-state index < -0.39 is 5.97 Å². The zero-order valence-corrected chi connectivity index (χ0v) is 20.6. The topological polar surface area (TPSA) is 87.9 Å². The van der Waals surface area contributed by atoms with E-state index in [0.29, 0.717) is 13.2 Å². The summed E-state index contributed by atoms with van der Waals surface area (Å²) in [6.07, 6.45) is 6.79. The zero-order valence-electron chi connectivity index (χ0n) is 20.6. The molecule has 0 unspecified atom stereocenters. The van der Waals surface area contributed by atoms with Crippen molar-refractivity contribution in [1.82, 2.24) is 14.9 Å². The highest BCUT2D eigenvalue weighted by Gasteiger charge is 2.28. The lowest BCUT2D eigenvalue weighted by atomic mass is 9.99. The first-order chi connectivity index (χ1) is 16.9. The summed E-state index contributed by atoms with van der Waals surface area (Å²) in [6.45, 7) is 8.79. The summed E-state index contributed by atoms with van der Waals surface area (Å²) in [7, 11) is 0. The minimum Gasteiger partial charge on any atom is -0.481 e. The number of aromatic nitrogens is 2. The number of aryl methyl sites for hydroxylation is 2. The number of rotatable bonds is 9. The third-order valence-electron chi connectivity index (χ3n) is 6.62. The van der Waals surface area contributed by atoms with Crippen LogP contribution in [0.3, 0.4) is 0 Å². The van der Waals surface area contributed by atoms with Gasteiger partial charge < -0.3 is 9.94 Å². The second-order valence-corrected chi connectivity index (χ2v) is 9.12. The van der Waals surface area contributed by atoms with Crippen molar-refractivity contribution in [3.05, 3.63) is 82.9 Å². The Bertz CT molecular complexity index is 1210. The lowest BCUT2D eigenvalue weighted by Crippen LogP contribution is -2.23. The summed E-state index contributed by atoms with van der Waals surface area (Å²) in [5, 5.41) is 13.6. The summed E-state index contributed by atoms with van der Waals surface area (Å²) in [4.78, 5) is 27.4. The molecule has 2 heterocycles. The minimum absolute atomic E-state index is 0.252. The molecule has 0 aliphatic carbocycles. The number of carbonyl (C=O) groups is 1. The second-order valence-electron chi connectivity index (χ2n) is 9.12. The van der Waals surface area contributed by atoms with Crippen LogP contribution in [-0.4, -0.2) is 44.7 Å². The largest absolute Gasteiger partial charge is 0.481 e. The molecular formula is C28H32N4O3. The molecule has 35 heavy (non-hydrogen) atoms. The SMILES string of the molecule is CCc1cc(/C(C)=N/OCc2ccc(-c3cncnc3)c(C)c2)ccc1CN1CC[C@H](C(=O)O)C1. The molecule has 0 radical (unpaired) electrons. The maximum Gasteiger partial charge on any atom is 0.307 e. The van der Waals surface area contributed by atoms with Gasteiger partial charge in [-0.3, -0.25) is 9.69 Å². The number of benzene rings is 2. The number of carboxylic acids is 1. The van der Waals surface area contributed by atoms with Gasteiger partial charge >= 0.3 is 5.97 Å². The summed E-state index contributed by atoms with van der Waals surface area (Å²) in [6, 6.07) is 12.6. The first-order valence-corrected chi connectivity index (χ1v) is 12.0. The van der Waals surface area contributed by atoms with Gasteiger partial charge in [0, 0.05) is 31.0 Å². The van der Waals surface area contributed by atoms with Crippen LogP contribution in [0.15, 0.2) is 60.3 Å². The van der Waals surface area contributed by atoms with Crippen LogP contribution >= 0.6 is 0 Å². The van der Waals surface area contributed by atoms with Gasteiger partial charge in [-0.1, -0.05) is 42.4 Å². The minimum atomic E-state index is -0.692. The van der Waals surface area contributed by atoms with Gasteiger partial charge in [0.15, 0.2) is 0 Å². The average Bonchev–Trinajstić information content (AvgIpc) is 3.34. The molecule has 0 saturated carbocycles. The molecule has 0 spiro atoms. The van der Waals surface area contributed by atoms with Crippen LogP contribution < -0.4 is 0 Å². The Morgan fingerprint density at radius 1 is 1.17 bits per heavy atom. The third kappa shape index (κ3) is 6.11. The number of oxime groups is 1. The van der Waals surface area contributed by atoms with E-state index in [1.54, 1.807) is 0 Å². The van der Waals surface area contributed by atoms with Crippen molar-refractivity contribution in [2.45, 2.75) is 46.8 Å². The molecule has 7 heteroatoms. The summed E-state index contributed by atoms with van der Waals surface area (Å²) < 4.78 is 0. The van der Waals surface area contributed by atoms with Gasteiger partial charge in [0.25, 0.3) is 0 Å². The molecule has 182 valence electrons. The van der Waals surface area contributed by atoms with Crippen LogP contribution in [0.4, 0.5) is 0 Å². The molecule has 1 aromatic heterocycles. The van der Waals surface area contributed by atoms with Gasteiger partial charge in [-0.2, -0.15) is 0 Å². The molecule has 1 fully saturated rings. The zero-order chi connectivity index (χ0) is 24.8. The van der Waals surface area contributed by atoms with Crippen molar-refractivity contribution >= 4 is 11.7 Å². The fourth-order valence-electron chi connectivity index (χ4n) is 4.59. The van der Waals surface area contributed by atoms with Gasteiger partial charge in [0.2, 0.25) is 0 Å². The summed E-state index contributed by atoms with van der Waals surface area (Å²) >= 11 is 0. The standard InChI is InChI=1S/C28H32N4O3/c1-4-22-12-23(6-7-24(22)15-32-10-9-25(16-32)28(33)34)20(3)31-35-17-21-5-8-27(19(2)11-21)26-13-29-18-30-14-26/h5-8,11-14,18,25H,4,9-10,15-17H2,1-3H3,(H,33,34)/b31-20+/t25-/m0/s1. The van der Waals surface area contributed by atoms with Crippen molar-refractivity contribution in [3.63, 3.8) is 0 Å². The lowest BCUT2D eigenvalue weighted by Gasteiger charge is -2.18. The van der Waals surface area contributed by atoms with Gasteiger partial charge in [0.1, 0.15) is 12.9 Å². The number of likely N-dealkylation sites (tertiary alicyclic amines) is 1. The van der Waals surface area contributed by atoms with Gasteiger partial charge in [-0.25, -0.2) is 9.97 Å². The maximum atomic E-state index is 11.3. The van der Waals surface area contributed by atoms with Crippen LogP contribution in [-0.2, 0) is 29.2 Å². The first-order valence-electron chi connectivity index (χ1n) is 12.0. The lowest BCUT2D eigenvalue weighted by molar-refractivity contribution is -0.141. The molecular weight excluding hydrogens is 440 g/mol. The molecule has 0 amide bonds. The van der Waals surface area contributed by atoms with Crippen molar-refractivity contribution in [2.75, 3.05) is 13.1 Å². The van der Waals surface area contributed by atoms with Crippen LogP contribution in [0.25, 0.3) is 11.1 Å². The van der Waals surface area contributed by atoms with E-state index in [0.717, 1.165) is 59.5 Å². The Morgan fingerprint density at radius 3 is 2.66 bits per heavy atom. The highest BCUT2D eigenvalue weighted by molar-refractivity contribution is 5.98.